The Morgan fingerprint density at radius 2 is 1.58 bits per heavy atom. The zero-order valence-corrected chi connectivity index (χ0v) is 18.9. The van der Waals surface area contributed by atoms with E-state index in [1.165, 1.54) is 5.56 Å². The number of methoxy groups -OCH3 is 4. The Morgan fingerprint density at radius 3 is 2.23 bits per heavy atom. The highest BCUT2D eigenvalue weighted by Gasteiger charge is 2.38. The molecule has 2 atom stereocenters. The molecule has 1 saturated carbocycles. The molecule has 0 bridgehead atoms. The molecule has 1 aliphatic carbocycles. The summed E-state index contributed by atoms with van der Waals surface area (Å²) < 4.78 is 21.5. The lowest BCUT2D eigenvalue weighted by Crippen LogP contribution is -2.42. The molecule has 1 aliphatic rings. The number of nitrogens with one attached hydrogen (secondary N) is 1. The van der Waals surface area contributed by atoms with Gasteiger partial charge in [0, 0.05) is 6.04 Å². The standard InChI is InChI=1S/C25H32N2O4/c1-28-21-9-7-18(14-23(21)30-3)11-13-27-20-6-5-12-25(16-20,17-26)19-8-10-22(29-2)24(15-19)31-4/h7-10,14-15,20,27H,5-6,11-13,16H2,1-4H3. The first kappa shape index (κ1) is 22.8. The Balaban J connectivity index is 1.66. The fraction of sp³-hybridized carbons (Fsp3) is 0.480. The Morgan fingerprint density at radius 1 is 0.935 bits per heavy atom. The molecule has 1 N–H and O–H groups in total. The van der Waals surface area contributed by atoms with Crippen molar-refractivity contribution in [1.29, 1.82) is 5.26 Å². The molecule has 2 unspecified atom stereocenters. The highest BCUT2D eigenvalue weighted by Crippen LogP contribution is 2.42. The molecule has 0 saturated heterocycles. The van der Waals surface area contributed by atoms with Gasteiger partial charge in [0.05, 0.1) is 39.9 Å². The Labute approximate surface area is 185 Å². The summed E-state index contributed by atoms with van der Waals surface area (Å²) in [4.78, 5) is 0. The number of hydrogen-bond acceptors (Lipinski definition) is 6. The van der Waals surface area contributed by atoms with Gasteiger partial charge in [-0.25, -0.2) is 0 Å². The van der Waals surface area contributed by atoms with Crippen LogP contribution < -0.4 is 24.3 Å². The summed E-state index contributed by atoms with van der Waals surface area (Å²) in [7, 11) is 6.54. The van der Waals surface area contributed by atoms with E-state index in [0.29, 0.717) is 17.5 Å². The van der Waals surface area contributed by atoms with Gasteiger partial charge in [-0.05, 0) is 74.0 Å². The third-order valence-electron chi connectivity index (χ3n) is 6.20. The van der Waals surface area contributed by atoms with Crippen LogP contribution in [-0.2, 0) is 11.8 Å². The molecule has 0 aliphatic heterocycles. The van der Waals surface area contributed by atoms with Crippen molar-refractivity contribution in [3.8, 4) is 29.1 Å². The van der Waals surface area contributed by atoms with Crippen molar-refractivity contribution in [3.63, 3.8) is 0 Å². The number of benzene rings is 2. The zero-order chi connectivity index (χ0) is 22.3. The number of hydrogen-bond donors (Lipinski definition) is 1. The van der Waals surface area contributed by atoms with Gasteiger partial charge >= 0.3 is 0 Å². The molecule has 3 rings (SSSR count). The van der Waals surface area contributed by atoms with Crippen LogP contribution in [0.3, 0.4) is 0 Å². The molecule has 0 heterocycles. The van der Waals surface area contributed by atoms with E-state index in [4.69, 9.17) is 18.9 Å². The molecule has 2 aromatic rings. The summed E-state index contributed by atoms with van der Waals surface area (Å²) in [5, 5.41) is 13.8. The van der Waals surface area contributed by atoms with Gasteiger partial charge in [-0.2, -0.15) is 5.26 Å². The first-order chi connectivity index (χ1) is 15.1. The second-order valence-electron chi connectivity index (χ2n) is 7.95. The van der Waals surface area contributed by atoms with Gasteiger partial charge in [0.2, 0.25) is 0 Å². The van der Waals surface area contributed by atoms with Crippen molar-refractivity contribution in [2.45, 2.75) is 43.6 Å². The second-order valence-corrected chi connectivity index (χ2v) is 7.95. The van der Waals surface area contributed by atoms with Crippen molar-refractivity contribution in [2.24, 2.45) is 0 Å². The molecular formula is C25H32N2O4. The monoisotopic (exact) mass is 424 g/mol. The highest BCUT2D eigenvalue weighted by molar-refractivity contribution is 5.47. The van der Waals surface area contributed by atoms with Crippen molar-refractivity contribution < 1.29 is 18.9 Å². The molecule has 166 valence electrons. The minimum atomic E-state index is -0.515. The second kappa shape index (κ2) is 10.4. The fourth-order valence-electron chi connectivity index (χ4n) is 4.47. The summed E-state index contributed by atoms with van der Waals surface area (Å²) in [6.45, 7) is 0.841. The van der Waals surface area contributed by atoms with Crippen LogP contribution in [0.5, 0.6) is 23.0 Å². The van der Waals surface area contributed by atoms with E-state index >= 15 is 0 Å². The van der Waals surface area contributed by atoms with Crippen LogP contribution in [0.2, 0.25) is 0 Å². The maximum atomic E-state index is 10.1. The summed E-state index contributed by atoms with van der Waals surface area (Å²) >= 11 is 0. The normalized spacial score (nSPS) is 20.5. The molecule has 1 fully saturated rings. The zero-order valence-electron chi connectivity index (χ0n) is 18.9. The quantitative estimate of drug-likeness (QED) is 0.649. The molecule has 31 heavy (non-hydrogen) atoms. The topological polar surface area (TPSA) is 72.7 Å². The predicted octanol–water partition coefficient (Wildman–Crippen LogP) is 4.26. The Bertz CT molecular complexity index is 924. The third kappa shape index (κ3) is 5.05. The maximum Gasteiger partial charge on any atom is 0.161 e. The number of nitrogens with zero attached hydrogens (tertiary/aromatic N) is 1. The molecular weight excluding hydrogens is 392 g/mol. The van der Waals surface area contributed by atoms with E-state index in [-0.39, 0.29) is 0 Å². The summed E-state index contributed by atoms with van der Waals surface area (Å²) in [6.07, 6.45) is 4.60. The first-order valence-corrected chi connectivity index (χ1v) is 10.7. The van der Waals surface area contributed by atoms with Crippen molar-refractivity contribution in [3.05, 3.63) is 47.5 Å². The van der Waals surface area contributed by atoms with Crippen LogP contribution in [0.1, 0.15) is 36.8 Å². The summed E-state index contributed by atoms with van der Waals surface area (Å²) in [5.74, 6) is 2.83. The van der Waals surface area contributed by atoms with Crippen LogP contribution in [0.4, 0.5) is 0 Å². The maximum absolute atomic E-state index is 10.1. The molecule has 6 nitrogen and oxygen atoms in total. The number of ether oxygens (including phenoxy) is 4. The van der Waals surface area contributed by atoms with Gasteiger partial charge in [0.25, 0.3) is 0 Å². The van der Waals surface area contributed by atoms with Crippen molar-refractivity contribution in [1.82, 2.24) is 5.32 Å². The van der Waals surface area contributed by atoms with Gasteiger partial charge < -0.3 is 24.3 Å². The van der Waals surface area contributed by atoms with E-state index in [2.05, 4.69) is 17.5 Å². The van der Waals surface area contributed by atoms with E-state index in [1.807, 2.05) is 30.3 Å². The largest absolute Gasteiger partial charge is 0.493 e. The number of rotatable bonds is 9. The third-order valence-corrected chi connectivity index (χ3v) is 6.20. The molecule has 2 aromatic carbocycles. The Kier molecular flexibility index (Phi) is 7.64. The van der Waals surface area contributed by atoms with E-state index < -0.39 is 5.41 Å². The Hall–Kier alpha value is -2.91. The van der Waals surface area contributed by atoms with Crippen LogP contribution in [-0.4, -0.2) is 41.0 Å². The summed E-state index contributed by atoms with van der Waals surface area (Å²) in [5.41, 5.74) is 1.67. The van der Waals surface area contributed by atoms with Gasteiger partial charge in [-0.1, -0.05) is 12.1 Å². The van der Waals surface area contributed by atoms with Crippen LogP contribution >= 0.6 is 0 Å². The highest BCUT2D eigenvalue weighted by atomic mass is 16.5. The molecule has 0 radical (unpaired) electrons. The first-order valence-electron chi connectivity index (χ1n) is 10.7. The van der Waals surface area contributed by atoms with Gasteiger partial charge in [0.15, 0.2) is 23.0 Å². The van der Waals surface area contributed by atoms with E-state index in [0.717, 1.165) is 55.7 Å². The average Bonchev–Trinajstić information content (AvgIpc) is 2.83. The number of nitriles is 1. The molecule has 0 amide bonds. The molecule has 6 heteroatoms. The van der Waals surface area contributed by atoms with Gasteiger partial charge in [0.1, 0.15) is 0 Å². The average molecular weight is 425 g/mol. The van der Waals surface area contributed by atoms with E-state index in [1.54, 1.807) is 28.4 Å². The lowest BCUT2D eigenvalue weighted by atomic mass is 9.68. The summed E-state index contributed by atoms with van der Waals surface area (Å²) in [6, 6.07) is 14.8. The smallest absolute Gasteiger partial charge is 0.161 e. The minimum absolute atomic E-state index is 0.293. The minimum Gasteiger partial charge on any atom is -0.493 e. The van der Waals surface area contributed by atoms with Gasteiger partial charge in [-0.15, -0.1) is 0 Å². The SMILES string of the molecule is COc1ccc(CCNC2CCCC(C#N)(c3ccc(OC)c(OC)c3)C2)cc1OC. The van der Waals surface area contributed by atoms with Gasteiger partial charge in [-0.3, -0.25) is 0 Å². The van der Waals surface area contributed by atoms with Crippen molar-refractivity contribution in [2.75, 3.05) is 35.0 Å². The van der Waals surface area contributed by atoms with Crippen molar-refractivity contribution >= 4 is 0 Å². The van der Waals surface area contributed by atoms with E-state index in [9.17, 15) is 5.26 Å². The van der Waals surface area contributed by atoms with Crippen LogP contribution in [0.25, 0.3) is 0 Å². The predicted molar refractivity (Wildman–Crippen MR) is 120 cm³/mol. The lowest BCUT2D eigenvalue weighted by Gasteiger charge is -2.37. The lowest BCUT2D eigenvalue weighted by molar-refractivity contribution is 0.288. The van der Waals surface area contributed by atoms with Crippen LogP contribution in [0, 0.1) is 11.3 Å². The van der Waals surface area contributed by atoms with Crippen LogP contribution in [0.15, 0.2) is 36.4 Å². The molecule has 0 aromatic heterocycles. The fourth-order valence-corrected chi connectivity index (χ4v) is 4.47. The molecule has 0 spiro atoms.